The molecule has 0 amide bonds. The smallest absolute Gasteiger partial charge is 0.225 e. The van der Waals surface area contributed by atoms with Crippen LogP contribution in [0.5, 0.6) is 11.8 Å². The number of anilines is 1. The summed E-state index contributed by atoms with van der Waals surface area (Å²) in [7, 11) is 0. The lowest BCUT2D eigenvalue weighted by Gasteiger charge is -2.46. The SMILES string of the molecule is C/C=C\C(=C/C)COc1ccc(-c2ccc(N3CC(N(CCN)C4CC4=O)C3)cc2)c(OCc2ccccc2)n1.CC.CC.CC(C)(C)O. The standard InChI is InChI=1S/C33H38N4O3.C4H10O.2C2H6/c1-3-8-24(4-2)22-39-32-16-15-29(33(35-32)40-23-25-9-6-5-7-10-25)26-11-13-27(14-12-26)36-20-28(21-36)37(18-17-34)30-19-31(30)38;1-4(2,3)5;2*1-2/h3-16,28,30H,17-23,34H2,1-2H3;5H,1-3H3;2*1-2H3/b8-3-,24-4+;;;. The molecule has 3 aromatic rings. The topological polar surface area (TPSA) is 101 Å². The zero-order valence-electron chi connectivity index (χ0n) is 31.3. The fourth-order valence-electron chi connectivity index (χ4n) is 5.06. The summed E-state index contributed by atoms with van der Waals surface area (Å²) in [4.78, 5) is 21.1. The molecule has 0 spiro atoms. The number of ether oxygens (including phenoxy) is 2. The second kappa shape index (κ2) is 21.2. The van der Waals surface area contributed by atoms with Gasteiger partial charge in [0, 0.05) is 56.0 Å². The average Bonchev–Trinajstić information content (AvgIpc) is 3.82. The molecule has 0 radical (unpaired) electrons. The summed E-state index contributed by atoms with van der Waals surface area (Å²) >= 11 is 0. The third kappa shape index (κ3) is 13.8. The van der Waals surface area contributed by atoms with Crippen molar-refractivity contribution in [1.29, 1.82) is 0 Å². The van der Waals surface area contributed by atoms with Crippen LogP contribution in [0.2, 0.25) is 0 Å². The van der Waals surface area contributed by atoms with E-state index in [2.05, 4.69) is 34.1 Å². The summed E-state index contributed by atoms with van der Waals surface area (Å²) in [6.07, 6.45) is 6.73. The molecule has 1 unspecified atom stereocenters. The van der Waals surface area contributed by atoms with Crippen molar-refractivity contribution in [3.05, 3.63) is 96.1 Å². The predicted molar refractivity (Wildman–Crippen MR) is 204 cm³/mol. The molecule has 49 heavy (non-hydrogen) atoms. The van der Waals surface area contributed by atoms with Crippen molar-refractivity contribution < 1.29 is 19.4 Å². The van der Waals surface area contributed by atoms with E-state index in [1.54, 1.807) is 20.8 Å². The molecule has 0 bridgehead atoms. The number of rotatable bonds is 13. The number of nitrogens with two attached hydrogens (primary N) is 1. The van der Waals surface area contributed by atoms with Crippen LogP contribution in [0.1, 0.15) is 74.3 Å². The number of allylic oxidation sites excluding steroid dienone is 2. The van der Waals surface area contributed by atoms with Crippen molar-refractivity contribution in [3.8, 4) is 22.9 Å². The molecule has 1 aromatic heterocycles. The van der Waals surface area contributed by atoms with E-state index in [0.29, 0.717) is 49.8 Å². The van der Waals surface area contributed by atoms with Crippen molar-refractivity contribution in [2.45, 2.75) is 93.0 Å². The number of aliphatic hydroxyl groups is 1. The zero-order valence-corrected chi connectivity index (χ0v) is 31.3. The molecular formula is C41H60N4O4. The van der Waals surface area contributed by atoms with E-state index in [4.69, 9.17) is 25.3 Å². The Hall–Kier alpha value is -3.98. The number of carbonyl (C=O) groups is 1. The monoisotopic (exact) mass is 672 g/mol. The molecule has 2 aromatic carbocycles. The van der Waals surface area contributed by atoms with Crippen molar-refractivity contribution in [1.82, 2.24) is 9.88 Å². The highest BCUT2D eigenvalue weighted by Crippen LogP contribution is 2.34. The first-order valence-electron chi connectivity index (χ1n) is 17.7. The normalized spacial score (nSPS) is 15.7. The highest BCUT2D eigenvalue weighted by Gasteiger charge is 2.45. The Balaban J connectivity index is 0.000000837. The molecule has 8 heteroatoms. The van der Waals surface area contributed by atoms with Gasteiger partial charge in [0.05, 0.1) is 11.6 Å². The van der Waals surface area contributed by atoms with E-state index < -0.39 is 5.60 Å². The van der Waals surface area contributed by atoms with Gasteiger partial charge in [-0.1, -0.05) is 88.4 Å². The number of Topliss-reactive ketones (excluding diaryl/α,β-unsaturated/α-hetero) is 1. The number of pyridine rings is 1. The molecule has 3 N–H and O–H groups in total. The van der Waals surface area contributed by atoms with Gasteiger partial charge >= 0.3 is 0 Å². The summed E-state index contributed by atoms with van der Waals surface area (Å²) in [5, 5.41) is 8.52. The number of hydrogen-bond donors (Lipinski definition) is 2. The Kier molecular flexibility index (Phi) is 17.8. The van der Waals surface area contributed by atoms with Crippen LogP contribution in [0.25, 0.3) is 11.1 Å². The lowest BCUT2D eigenvalue weighted by atomic mass is 10.0. The summed E-state index contributed by atoms with van der Waals surface area (Å²) in [6.45, 7) is 21.2. The van der Waals surface area contributed by atoms with Gasteiger partial charge in [0.15, 0.2) is 5.78 Å². The highest BCUT2D eigenvalue weighted by atomic mass is 16.5. The highest BCUT2D eigenvalue weighted by molar-refractivity contribution is 6.00. The van der Waals surface area contributed by atoms with E-state index in [1.807, 2.05) is 102 Å². The van der Waals surface area contributed by atoms with Crippen LogP contribution in [0, 0.1) is 0 Å². The quantitative estimate of drug-likeness (QED) is 0.177. The van der Waals surface area contributed by atoms with Crippen LogP contribution in [0.4, 0.5) is 5.69 Å². The van der Waals surface area contributed by atoms with Gasteiger partial charge in [-0.15, -0.1) is 0 Å². The predicted octanol–water partition coefficient (Wildman–Crippen LogP) is 7.85. The van der Waals surface area contributed by atoms with Gasteiger partial charge in [0.1, 0.15) is 13.2 Å². The Labute approximate surface area is 295 Å². The second-order valence-electron chi connectivity index (χ2n) is 12.4. The third-order valence-corrected chi connectivity index (χ3v) is 7.46. The molecule has 2 fully saturated rings. The van der Waals surface area contributed by atoms with E-state index >= 15 is 0 Å². The van der Waals surface area contributed by atoms with Crippen molar-refractivity contribution in [2.24, 2.45) is 5.73 Å². The third-order valence-electron chi connectivity index (χ3n) is 7.46. The Morgan fingerprint density at radius 1 is 0.980 bits per heavy atom. The summed E-state index contributed by atoms with van der Waals surface area (Å²) in [6, 6.07) is 23.0. The van der Waals surface area contributed by atoms with Gasteiger partial charge in [-0.25, -0.2) is 0 Å². The lowest BCUT2D eigenvalue weighted by Crippen LogP contribution is -2.61. The van der Waals surface area contributed by atoms with Crippen LogP contribution in [0.15, 0.2) is 90.5 Å². The largest absolute Gasteiger partial charge is 0.473 e. The van der Waals surface area contributed by atoms with Gasteiger partial charge in [0.2, 0.25) is 11.8 Å². The maximum Gasteiger partial charge on any atom is 0.225 e. The number of nitrogens with zero attached hydrogens (tertiary/aromatic N) is 3. The van der Waals surface area contributed by atoms with Crippen molar-refractivity contribution >= 4 is 11.5 Å². The molecule has 1 saturated heterocycles. The summed E-state index contributed by atoms with van der Waals surface area (Å²) in [5.41, 5.74) is 10.6. The van der Waals surface area contributed by atoms with Crippen molar-refractivity contribution in [3.63, 3.8) is 0 Å². The minimum Gasteiger partial charge on any atom is -0.473 e. The van der Waals surface area contributed by atoms with Gasteiger partial charge < -0.3 is 25.2 Å². The Bertz CT molecular complexity index is 1440. The van der Waals surface area contributed by atoms with Gasteiger partial charge in [-0.05, 0) is 69.5 Å². The molecule has 2 aliphatic rings. The summed E-state index contributed by atoms with van der Waals surface area (Å²) in [5.74, 6) is 1.40. The van der Waals surface area contributed by atoms with Crippen LogP contribution in [-0.2, 0) is 11.4 Å². The number of benzene rings is 2. The van der Waals surface area contributed by atoms with Crippen molar-refractivity contribution in [2.75, 3.05) is 37.7 Å². The minimum absolute atomic E-state index is 0.0829. The average molecular weight is 673 g/mol. The first-order valence-corrected chi connectivity index (χ1v) is 17.7. The number of ketones is 1. The molecule has 1 aliphatic heterocycles. The van der Waals surface area contributed by atoms with Crippen LogP contribution in [0.3, 0.4) is 0 Å². The molecule has 2 heterocycles. The van der Waals surface area contributed by atoms with Gasteiger partial charge in [0.25, 0.3) is 0 Å². The fourth-order valence-corrected chi connectivity index (χ4v) is 5.06. The maximum atomic E-state index is 11.7. The first kappa shape index (κ1) is 41.2. The van der Waals surface area contributed by atoms with Crippen LogP contribution < -0.4 is 20.1 Å². The van der Waals surface area contributed by atoms with Crippen LogP contribution in [-0.4, -0.2) is 71.2 Å². The zero-order chi connectivity index (χ0) is 36.4. The minimum atomic E-state index is -0.500. The van der Waals surface area contributed by atoms with E-state index in [9.17, 15) is 4.79 Å². The molecule has 1 aliphatic carbocycles. The van der Waals surface area contributed by atoms with E-state index in [0.717, 1.165) is 47.6 Å². The van der Waals surface area contributed by atoms with E-state index in [-0.39, 0.29) is 6.04 Å². The van der Waals surface area contributed by atoms with Gasteiger partial charge in [-0.3, -0.25) is 9.69 Å². The summed E-state index contributed by atoms with van der Waals surface area (Å²) < 4.78 is 12.2. The molecule has 1 saturated carbocycles. The molecule has 1 atom stereocenters. The molecule has 5 rings (SSSR count). The maximum absolute atomic E-state index is 11.7. The molecule has 8 nitrogen and oxygen atoms in total. The van der Waals surface area contributed by atoms with E-state index in [1.165, 1.54) is 0 Å². The molecular weight excluding hydrogens is 612 g/mol. The lowest BCUT2D eigenvalue weighted by molar-refractivity contribution is -0.112. The number of aromatic nitrogens is 1. The first-order chi connectivity index (χ1) is 23.6. The fraction of sp³-hybridized carbons (Fsp3) is 0.463. The van der Waals surface area contributed by atoms with Gasteiger partial charge in [-0.2, -0.15) is 4.98 Å². The Morgan fingerprint density at radius 3 is 2.12 bits per heavy atom. The number of carbonyl (C=O) groups excluding carboxylic acids is 1. The number of hydrogen-bond acceptors (Lipinski definition) is 8. The molecule has 268 valence electrons. The Morgan fingerprint density at radius 2 is 1.59 bits per heavy atom. The second-order valence-corrected chi connectivity index (χ2v) is 12.4. The van der Waals surface area contributed by atoms with Crippen LogP contribution >= 0.6 is 0 Å².